The third-order valence-corrected chi connectivity index (χ3v) is 2.63. The van der Waals surface area contributed by atoms with Crippen molar-refractivity contribution in [2.24, 2.45) is 0 Å². The van der Waals surface area contributed by atoms with Gasteiger partial charge >= 0.3 is 0 Å². The highest BCUT2D eigenvalue weighted by molar-refractivity contribution is 5.94. The summed E-state index contributed by atoms with van der Waals surface area (Å²) in [5, 5.41) is 5.25. The Hall–Kier alpha value is -2.89. The van der Waals surface area contributed by atoms with E-state index in [9.17, 15) is 14.0 Å². The van der Waals surface area contributed by atoms with E-state index in [2.05, 4.69) is 10.6 Å². The van der Waals surface area contributed by atoms with E-state index in [0.29, 0.717) is 11.4 Å². The molecule has 2 N–H and O–H groups in total. The number of carbonyl (C=O) groups excluding carboxylic acids is 2. The Kier molecular flexibility index (Phi) is 5.08. The molecule has 0 bridgehead atoms. The first kappa shape index (κ1) is 15.5. The summed E-state index contributed by atoms with van der Waals surface area (Å²) in [6.07, 6.45) is 0. The second-order valence-corrected chi connectivity index (χ2v) is 4.56. The van der Waals surface area contributed by atoms with Crippen molar-refractivity contribution in [2.75, 3.05) is 17.2 Å². The number of amides is 2. The van der Waals surface area contributed by atoms with Crippen molar-refractivity contribution in [3.05, 3.63) is 54.3 Å². The molecule has 0 aliphatic rings. The van der Waals surface area contributed by atoms with Crippen LogP contribution in [0.15, 0.2) is 48.5 Å². The van der Waals surface area contributed by atoms with Crippen LogP contribution in [0, 0.1) is 5.82 Å². The van der Waals surface area contributed by atoms with Gasteiger partial charge in [0, 0.05) is 24.4 Å². The Morgan fingerprint density at radius 2 is 1.73 bits per heavy atom. The van der Waals surface area contributed by atoms with Crippen molar-refractivity contribution < 1.29 is 18.7 Å². The van der Waals surface area contributed by atoms with Crippen LogP contribution in [0.5, 0.6) is 5.75 Å². The molecule has 0 aromatic heterocycles. The van der Waals surface area contributed by atoms with Crippen molar-refractivity contribution in [3.63, 3.8) is 0 Å². The number of hydrogen-bond donors (Lipinski definition) is 2. The first-order valence-electron chi connectivity index (χ1n) is 6.59. The standard InChI is InChI=1S/C16H15FN2O3/c1-11(20)18-13-5-3-6-14(9-13)19-16(21)10-22-15-7-2-4-12(17)8-15/h2-9H,10H2,1H3,(H,18,20)(H,19,21). The average molecular weight is 302 g/mol. The Morgan fingerprint density at radius 3 is 2.41 bits per heavy atom. The van der Waals surface area contributed by atoms with Crippen LogP contribution in [-0.2, 0) is 9.59 Å². The van der Waals surface area contributed by atoms with Gasteiger partial charge in [0.2, 0.25) is 5.91 Å². The zero-order valence-electron chi connectivity index (χ0n) is 11.9. The highest BCUT2D eigenvalue weighted by Crippen LogP contribution is 2.15. The molecule has 2 rings (SSSR count). The largest absolute Gasteiger partial charge is 0.484 e. The van der Waals surface area contributed by atoms with Crippen LogP contribution < -0.4 is 15.4 Å². The average Bonchev–Trinajstić information content (AvgIpc) is 2.45. The number of hydrogen-bond acceptors (Lipinski definition) is 3. The number of ether oxygens (including phenoxy) is 1. The van der Waals surface area contributed by atoms with Crippen molar-refractivity contribution in [1.29, 1.82) is 0 Å². The minimum absolute atomic E-state index is 0.196. The summed E-state index contributed by atoms with van der Waals surface area (Å²) in [7, 11) is 0. The van der Waals surface area contributed by atoms with Crippen LogP contribution in [-0.4, -0.2) is 18.4 Å². The number of rotatable bonds is 5. The first-order chi connectivity index (χ1) is 10.5. The molecule has 0 radical (unpaired) electrons. The molecule has 0 atom stereocenters. The predicted octanol–water partition coefficient (Wildman–Crippen LogP) is 2.80. The zero-order valence-corrected chi connectivity index (χ0v) is 11.9. The van der Waals surface area contributed by atoms with Gasteiger partial charge in [0.25, 0.3) is 5.91 Å². The second kappa shape index (κ2) is 7.21. The van der Waals surface area contributed by atoms with E-state index in [4.69, 9.17) is 4.74 Å². The molecule has 0 fully saturated rings. The zero-order chi connectivity index (χ0) is 15.9. The van der Waals surface area contributed by atoms with E-state index >= 15 is 0 Å². The van der Waals surface area contributed by atoms with Crippen LogP contribution in [0.2, 0.25) is 0 Å². The van der Waals surface area contributed by atoms with Crippen LogP contribution in [0.25, 0.3) is 0 Å². The Balaban J connectivity index is 1.90. The van der Waals surface area contributed by atoms with Gasteiger partial charge in [-0.05, 0) is 30.3 Å². The highest BCUT2D eigenvalue weighted by atomic mass is 19.1. The molecule has 0 saturated carbocycles. The fourth-order valence-electron chi connectivity index (χ4n) is 1.78. The number of carbonyl (C=O) groups is 2. The van der Waals surface area contributed by atoms with E-state index in [1.54, 1.807) is 30.3 Å². The summed E-state index contributed by atoms with van der Waals surface area (Å²) in [5.41, 5.74) is 1.11. The van der Waals surface area contributed by atoms with Crippen LogP contribution in [0.4, 0.5) is 15.8 Å². The van der Waals surface area contributed by atoms with Crippen molar-refractivity contribution in [1.82, 2.24) is 0 Å². The maximum Gasteiger partial charge on any atom is 0.262 e. The lowest BCUT2D eigenvalue weighted by Gasteiger charge is -2.09. The summed E-state index contributed by atoms with van der Waals surface area (Å²) in [6, 6.07) is 12.3. The molecule has 5 nitrogen and oxygen atoms in total. The molecule has 0 unspecified atom stereocenters. The lowest BCUT2D eigenvalue weighted by molar-refractivity contribution is -0.118. The molecule has 22 heavy (non-hydrogen) atoms. The predicted molar refractivity (Wildman–Crippen MR) is 81.3 cm³/mol. The summed E-state index contributed by atoms with van der Waals surface area (Å²) < 4.78 is 18.2. The van der Waals surface area contributed by atoms with E-state index in [1.807, 2.05) is 0 Å². The van der Waals surface area contributed by atoms with Gasteiger partial charge in [-0.25, -0.2) is 4.39 Å². The SMILES string of the molecule is CC(=O)Nc1cccc(NC(=O)COc2cccc(F)c2)c1. The van der Waals surface area contributed by atoms with Gasteiger partial charge in [-0.2, -0.15) is 0 Å². The summed E-state index contributed by atoms with van der Waals surface area (Å²) >= 11 is 0. The Morgan fingerprint density at radius 1 is 1.05 bits per heavy atom. The third kappa shape index (κ3) is 4.90. The Labute approximate surface area is 127 Å². The first-order valence-corrected chi connectivity index (χ1v) is 6.59. The Bertz CT molecular complexity index is 689. The molecule has 0 saturated heterocycles. The van der Waals surface area contributed by atoms with Gasteiger partial charge in [-0.1, -0.05) is 12.1 Å². The van der Waals surface area contributed by atoms with Gasteiger partial charge in [0.15, 0.2) is 6.61 Å². The fourth-order valence-corrected chi connectivity index (χ4v) is 1.78. The lowest BCUT2D eigenvalue weighted by Crippen LogP contribution is -2.20. The van der Waals surface area contributed by atoms with Crippen molar-refractivity contribution >= 4 is 23.2 Å². The molecule has 6 heteroatoms. The number of halogens is 1. The minimum atomic E-state index is -0.430. The van der Waals surface area contributed by atoms with Crippen molar-refractivity contribution in [3.8, 4) is 5.75 Å². The molecule has 2 amide bonds. The molecular formula is C16H15FN2O3. The third-order valence-electron chi connectivity index (χ3n) is 2.63. The maximum atomic E-state index is 13.0. The molecular weight excluding hydrogens is 287 g/mol. The van der Waals surface area contributed by atoms with Crippen LogP contribution in [0.3, 0.4) is 0 Å². The monoisotopic (exact) mass is 302 g/mol. The highest BCUT2D eigenvalue weighted by Gasteiger charge is 2.05. The summed E-state index contributed by atoms with van der Waals surface area (Å²) in [6.45, 7) is 1.16. The van der Waals surface area contributed by atoms with E-state index in [1.165, 1.54) is 25.1 Å². The van der Waals surface area contributed by atoms with Crippen LogP contribution >= 0.6 is 0 Å². The van der Waals surface area contributed by atoms with Gasteiger partial charge in [0.05, 0.1) is 0 Å². The molecule has 0 aliphatic carbocycles. The van der Waals surface area contributed by atoms with E-state index in [0.717, 1.165) is 0 Å². The summed E-state index contributed by atoms with van der Waals surface area (Å²) in [4.78, 5) is 22.8. The number of nitrogens with one attached hydrogen (secondary N) is 2. The molecule has 0 spiro atoms. The smallest absolute Gasteiger partial charge is 0.262 e. The molecule has 2 aromatic carbocycles. The number of anilines is 2. The maximum absolute atomic E-state index is 13.0. The molecule has 0 heterocycles. The second-order valence-electron chi connectivity index (χ2n) is 4.56. The topological polar surface area (TPSA) is 67.4 Å². The normalized spacial score (nSPS) is 9.91. The molecule has 2 aromatic rings. The van der Waals surface area contributed by atoms with Gasteiger partial charge in [-0.3, -0.25) is 9.59 Å². The van der Waals surface area contributed by atoms with Gasteiger partial charge < -0.3 is 15.4 Å². The molecule has 0 aliphatic heterocycles. The quantitative estimate of drug-likeness (QED) is 0.892. The van der Waals surface area contributed by atoms with Crippen molar-refractivity contribution in [2.45, 2.75) is 6.92 Å². The number of benzene rings is 2. The lowest BCUT2D eigenvalue weighted by atomic mass is 10.2. The van der Waals surface area contributed by atoms with Crippen LogP contribution in [0.1, 0.15) is 6.92 Å². The molecule has 114 valence electrons. The van der Waals surface area contributed by atoms with E-state index < -0.39 is 5.82 Å². The van der Waals surface area contributed by atoms with Gasteiger partial charge in [-0.15, -0.1) is 0 Å². The fraction of sp³-hybridized carbons (Fsp3) is 0.125. The summed E-state index contributed by atoms with van der Waals surface area (Å²) in [5.74, 6) is -0.731. The minimum Gasteiger partial charge on any atom is -0.484 e. The van der Waals surface area contributed by atoms with Gasteiger partial charge in [0.1, 0.15) is 11.6 Å². The van der Waals surface area contributed by atoms with E-state index in [-0.39, 0.29) is 24.2 Å².